The molecule has 0 aromatic carbocycles. The van der Waals surface area contributed by atoms with E-state index in [-0.39, 0.29) is 5.91 Å². The molecule has 1 aromatic heterocycles. The molecule has 0 unspecified atom stereocenters. The van der Waals surface area contributed by atoms with Crippen LogP contribution in [0.3, 0.4) is 0 Å². The van der Waals surface area contributed by atoms with Gasteiger partial charge in [0.05, 0.1) is 6.42 Å². The van der Waals surface area contributed by atoms with Crippen molar-refractivity contribution in [1.82, 2.24) is 9.88 Å². The summed E-state index contributed by atoms with van der Waals surface area (Å²) in [5, 5.41) is 0. The number of nitrogens with zero attached hydrogens (tertiary/aromatic N) is 2. The van der Waals surface area contributed by atoms with Crippen LogP contribution >= 0.6 is 0 Å². The average molecular weight is 204 g/mol. The van der Waals surface area contributed by atoms with E-state index in [1.165, 1.54) is 0 Å². The third-order valence-corrected chi connectivity index (χ3v) is 2.79. The number of hydrogen-bond acceptors (Lipinski definition) is 2. The van der Waals surface area contributed by atoms with E-state index in [4.69, 9.17) is 0 Å². The van der Waals surface area contributed by atoms with Gasteiger partial charge in [0.25, 0.3) is 0 Å². The molecule has 15 heavy (non-hydrogen) atoms. The largest absolute Gasteiger partial charge is 0.342 e. The summed E-state index contributed by atoms with van der Waals surface area (Å²) in [4.78, 5) is 17.9. The first kappa shape index (κ1) is 10.1. The number of pyridine rings is 1. The minimum atomic E-state index is 0.234. The normalized spacial score (nSPS) is 15.7. The molecule has 2 heterocycles. The van der Waals surface area contributed by atoms with Crippen molar-refractivity contribution in [3.63, 3.8) is 0 Å². The van der Waals surface area contributed by atoms with Crippen molar-refractivity contribution in [1.29, 1.82) is 0 Å². The highest BCUT2D eigenvalue weighted by atomic mass is 16.2. The number of rotatable bonds is 2. The van der Waals surface area contributed by atoms with E-state index >= 15 is 0 Å². The summed E-state index contributed by atoms with van der Waals surface area (Å²) in [6.45, 7) is 3.81. The van der Waals surface area contributed by atoms with Crippen molar-refractivity contribution < 1.29 is 4.79 Å². The zero-order valence-corrected chi connectivity index (χ0v) is 9.07. The molecule has 1 fully saturated rings. The van der Waals surface area contributed by atoms with E-state index in [0.29, 0.717) is 6.42 Å². The molecule has 0 radical (unpaired) electrons. The summed E-state index contributed by atoms with van der Waals surface area (Å²) in [5.74, 6) is 0.234. The van der Waals surface area contributed by atoms with E-state index in [2.05, 4.69) is 4.98 Å². The quantitative estimate of drug-likeness (QED) is 0.732. The van der Waals surface area contributed by atoms with Crippen molar-refractivity contribution in [2.45, 2.75) is 26.2 Å². The third kappa shape index (κ3) is 2.55. The SMILES string of the molecule is Cc1ccc(CC(=O)N2CCCC2)cn1. The minimum Gasteiger partial charge on any atom is -0.342 e. The van der Waals surface area contributed by atoms with Crippen LogP contribution in [0.4, 0.5) is 0 Å². The van der Waals surface area contributed by atoms with Crippen molar-refractivity contribution in [3.05, 3.63) is 29.6 Å². The molecule has 1 saturated heterocycles. The fourth-order valence-electron chi connectivity index (χ4n) is 1.86. The van der Waals surface area contributed by atoms with E-state index in [0.717, 1.165) is 37.2 Å². The molecule has 0 aliphatic carbocycles. The van der Waals surface area contributed by atoms with Gasteiger partial charge >= 0.3 is 0 Å². The zero-order chi connectivity index (χ0) is 10.7. The molecular formula is C12H16N2O. The van der Waals surface area contributed by atoms with Crippen LogP contribution in [0.2, 0.25) is 0 Å². The van der Waals surface area contributed by atoms with Gasteiger partial charge in [-0.15, -0.1) is 0 Å². The van der Waals surface area contributed by atoms with Crippen LogP contribution < -0.4 is 0 Å². The van der Waals surface area contributed by atoms with Gasteiger partial charge in [-0.25, -0.2) is 0 Å². The Kier molecular flexibility index (Phi) is 2.99. The Morgan fingerprint density at radius 1 is 1.40 bits per heavy atom. The van der Waals surface area contributed by atoms with E-state index in [9.17, 15) is 4.79 Å². The summed E-state index contributed by atoms with van der Waals surface area (Å²) >= 11 is 0. The Morgan fingerprint density at radius 2 is 2.13 bits per heavy atom. The summed E-state index contributed by atoms with van der Waals surface area (Å²) in [6, 6.07) is 3.93. The molecule has 1 aliphatic heterocycles. The highest BCUT2D eigenvalue weighted by Crippen LogP contribution is 2.10. The molecular weight excluding hydrogens is 188 g/mol. The average Bonchev–Trinajstić information content (AvgIpc) is 2.74. The zero-order valence-electron chi connectivity index (χ0n) is 9.07. The maximum Gasteiger partial charge on any atom is 0.227 e. The monoisotopic (exact) mass is 204 g/mol. The molecule has 0 N–H and O–H groups in total. The lowest BCUT2D eigenvalue weighted by atomic mass is 10.2. The number of aromatic nitrogens is 1. The number of carbonyl (C=O) groups is 1. The van der Waals surface area contributed by atoms with Crippen molar-refractivity contribution in [2.75, 3.05) is 13.1 Å². The Labute approximate surface area is 90.1 Å². The summed E-state index contributed by atoms with van der Waals surface area (Å²) in [7, 11) is 0. The van der Waals surface area contributed by atoms with Gasteiger partial charge in [0, 0.05) is 25.0 Å². The molecule has 0 atom stereocenters. The van der Waals surface area contributed by atoms with Crippen LogP contribution in [-0.4, -0.2) is 28.9 Å². The van der Waals surface area contributed by atoms with Gasteiger partial charge in [0.15, 0.2) is 0 Å². The van der Waals surface area contributed by atoms with Gasteiger partial charge in [0.1, 0.15) is 0 Å². The minimum absolute atomic E-state index is 0.234. The van der Waals surface area contributed by atoms with Crippen LogP contribution in [0.1, 0.15) is 24.1 Å². The summed E-state index contributed by atoms with van der Waals surface area (Å²) < 4.78 is 0. The van der Waals surface area contributed by atoms with Gasteiger partial charge < -0.3 is 4.90 Å². The van der Waals surface area contributed by atoms with Crippen molar-refractivity contribution >= 4 is 5.91 Å². The van der Waals surface area contributed by atoms with Gasteiger partial charge in [-0.2, -0.15) is 0 Å². The molecule has 1 aliphatic rings. The second-order valence-electron chi connectivity index (χ2n) is 4.07. The molecule has 2 rings (SSSR count). The Balaban J connectivity index is 1.96. The van der Waals surface area contributed by atoms with Gasteiger partial charge in [0.2, 0.25) is 5.91 Å². The topological polar surface area (TPSA) is 33.2 Å². The lowest BCUT2D eigenvalue weighted by molar-refractivity contribution is -0.129. The van der Waals surface area contributed by atoms with Crippen molar-refractivity contribution in [3.8, 4) is 0 Å². The first-order valence-electron chi connectivity index (χ1n) is 5.45. The Hall–Kier alpha value is -1.38. The highest BCUT2D eigenvalue weighted by Gasteiger charge is 2.17. The first-order chi connectivity index (χ1) is 7.25. The molecule has 3 nitrogen and oxygen atoms in total. The van der Waals surface area contributed by atoms with Crippen LogP contribution in [-0.2, 0) is 11.2 Å². The lowest BCUT2D eigenvalue weighted by Crippen LogP contribution is -2.29. The second-order valence-corrected chi connectivity index (χ2v) is 4.07. The molecule has 1 aromatic rings. The number of likely N-dealkylation sites (tertiary alicyclic amines) is 1. The molecule has 0 bridgehead atoms. The molecule has 0 saturated carbocycles. The van der Waals surface area contributed by atoms with E-state index in [1.807, 2.05) is 24.0 Å². The lowest BCUT2D eigenvalue weighted by Gasteiger charge is -2.14. The van der Waals surface area contributed by atoms with Gasteiger partial charge in [-0.05, 0) is 31.4 Å². The predicted molar refractivity (Wildman–Crippen MR) is 58.5 cm³/mol. The maximum absolute atomic E-state index is 11.8. The second kappa shape index (κ2) is 4.43. The number of carbonyl (C=O) groups excluding carboxylic acids is 1. The summed E-state index contributed by atoms with van der Waals surface area (Å²) in [6.07, 6.45) is 4.59. The maximum atomic E-state index is 11.8. The highest BCUT2D eigenvalue weighted by molar-refractivity contribution is 5.78. The molecule has 0 spiro atoms. The molecule has 1 amide bonds. The first-order valence-corrected chi connectivity index (χ1v) is 5.45. The van der Waals surface area contributed by atoms with E-state index < -0.39 is 0 Å². The van der Waals surface area contributed by atoms with Crippen LogP contribution in [0, 0.1) is 6.92 Å². The van der Waals surface area contributed by atoms with Crippen molar-refractivity contribution in [2.24, 2.45) is 0 Å². The van der Waals surface area contributed by atoms with Gasteiger partial charge in [-0.3, -0.25) is 9.78 Å². The standard InChI is InChI=1S/C12H16N2O/c1-10-4-5-11(9-13-10)8-12(15)14-6-2-3-7-14/h4-5,9H,2-3,6-8H2,1H3. The third-order valence-electron chi connectivity index (χ3n) is 2.79. The smallest absolute Gasteiger partial charge is 0.227 e. The molecule has 3 heteroatoms. The number of amides is 1. The summed E-state index contributed by atoms with van der Waals surface area (Å²) in [5.41, 5.74) is 2.00. The number of hydrogen-bond donors (Lipinski definition) is 0. The predicted octanol–water partition coefficient (Wildman–Crippen LogP) is 1.55. The van der Waals surface area contributed by atoms with Gasteiger partial charge in [-0.1, -0.05) is 6.07 Å². The Morgan fingerprint density at radius 3 is 2.73 bits per heavy atom. The molecule has 80 valence electrons. The number of aryl methyl sites for hydroxylation is 1. The fourth-order valence-corrected chi connectivity index (χ4v) is 1.86. The Bertz CT molecular complexity index is 339. The fraction of sp³-hybridized carbons (Fsp3) is 0.500. The van der Waals surface area contributed by atoms with Crippen LogP contribution in [0.25, 0.3) is 0 Å². The van der Waals surface area contributed by atoms with Crippen LogP contribution in [0.5, 0.6) is 0 Å². The van der Waals surface area contributed by atoms with Crippen LogP contribution in [0.15, 0.2) is 18.3 Å². The van der Waals surface area contributed by atoms with E-state index in [1.54, 1.807) is 6.20 Å².